The Morgan fingerprint density at radius 3 is 2.53 bits per heavy atom. The van der Waals surface area contributed by atoms with Crippen LogP contribution >= 0.6 is 0 Å². The minimum absolute atomic E-state index is 0.0264. The van der Waals surface area contributed by atoms with E-state index in [9.17, 15) is 4.79 Å². The molecule has 5 nitrogen and oxygen atoms in total. The molecule has 0 saturated carbocycles. The van der Waals surface area contributed by atoms with Crippen LogP contribution in [0.5, 0.6) is 5.75 Å². The summed E-state index contributed by atoms with van der Waals surface area (Å²) in [5.74, 6) is 0.681. The van der Waals surface area contributed by atoms with Crippen LogP contribution in [0.15, 0.2) is 54.6 Å². The quantitative estimate of drug-likeness (QED) is 0.519. The van der Waals surface area contributed by atoms with Crippen molar-refractivity contribution in [2.45, 2.75) is 70.6 Å². The summed E-state index contributed by atoms with van der Waals surface area (Å²) in [6, 6.07) is 17.9. The van der Waals surface area contributed by atoms with Crippen molar-refractivity contribution in [3.8, 4) is 5.75 Å². The zero-order valence-electron chi connectivity index (χ0n) is 19.7. The van der Waals surface area contributed by atoms with Gasteiger partial charge in [-0.2, -0.15) is 0 Å². The van der Waals surface area contributed by atoms with Gasteiger partial charge in [0.1, 0.15) is 5.75 Å². The largest absolute Gasteiger partial charge is 0.491 e. The summed E-state index contributed by atoms with van der Waals surface area (Å²) in [5.41, 5.74) is 2.09. The fraction of sp³-hybridized carbons (Fsp3) is 0.519. The minimum Gasteiger partial charge on any atom is -0.491 e. The van der Waals surface area contributed by atoms with Gasteiger partial charge in [-0.05, 0) is 49.9 Å². The smallest absolute Gasteiger partial charge is 0.227 e. The summed E-state index contributed by atoms with van der Waals surface area (Å²) in [4.78, 5) is 13.1. The highest BCUT2D eigenvalue weighted by Gasteiger charge is 2.25. The van der Waals surface area contributed by atoms with Crippen LogP contribution in [0.25, 0.3) is 0 Å². The van der Waals surface area contributed by atoms with Crippen molar-refractivity contribution in [1.29, 1.82) is 0 Å². The van der Waals surface area contributed by atoms with E-state index < -0.39 is 0 Å². The van der Waals surface area contributed by atoms with Crippen LogP contribution in [0, 0.1) is 0 Å². The molecule has 0 bridgehead atoms. The fourth-order valence-electron chi connectivity index (χ4n) is 4.06. The third-order valence-electron chi connectivity index (χ3n) is 6.10. The SMILES string of the molecule is CCCCC(C)Oc1ccc(C(CC2CNCCO2)NC(=O)C(C)c2ccccc2)cc1. The van der Waals surface area contributed by atoms with Crippen LogP contribution < -0.4 is 15.4 Å². The Labute approximate surface area is 192 Å². The molecule has 174 valence electrons. The first-order valence-corrected chi connectivity index (χ1v) is 12.0. The van der Waals surface area contributed by atoms with E-state index in [1.54, 1.807) is 0 Å². The molecule has 2 N–H and O–H groups in total. The van der Waals surface area contributed by atoms with Crippen LogP contribution in [0.3, 0.4) is 0 Å². The predicted molar refractivity (Wildman–Crippen MR) is 129 cm³/mol. The summed E-state index contributed by atoms with van der Waals surface area (Å²) in [6.07, 6.45) is 4.40. The number of carbonyl (C=O) groups excluding carboxylic acids is 1. The van der Waals surface area contributed by atoms with Crippen LogP contribution in [-0.4, -0.2) is 37.8 Å². The Morgan fingerprint density at radius 2 is 1.88 bits per heavy atom. The number of morpholine rings is 1. The monoisotopic (exact) mass is 438 g/mol. The molecule has 1 heterocycles. The molecule has 2 aromatic rings. The van der Waals surface area contributed by atoms with Crippen molar-refractivity contribution >= 4 is 5.91 Å². The van der Waals surface area contributed by atoms with Gasteiger partial charge in [0, 0.05) is 13.1 Å². The van der Waals surface area contributed by atoms with Gasteiger partial charge in [-0.1, -0.05) is 62.2 Å². The number of ether oxygens (including phenoxy) is 2. The number of nitrogens with one attached hydrogen (secondary N) is 2. The molecule has 1 aliphatic heterocycles. The topological polar surface area (TPSA) is 59.6 Å². The van der Waals surface area contributed by atoms with Gasteiger partial charge in [0.15, 0.2) is 0 Å². The van der Waals surface area contributed by atoms with E-state index in [-0.39, 0.29) is 30.1 Å². The number of benzene rings is 2. The molecule has 4 unspecified atom stereocenters. The van der Waals surface area contributed by atoms with Crippen LogP contribution in [0.4, 0.5) is 0 Å². The predicted octanol–water partition coefficient (Wildman–Crippen LogP) is 4.98. The molecule has 0 spiro atoms. The van der Waals surface area contributed by atoms with E-state index in [0.717, 1.165) is 42.8 Å². The Kier molecular flexibility index (Phi) is 9.57. The lowest BCUT2D eigenvalue weighted by Gasteiger charge is -2.29. The van der Waals surface area contributed by atoms with Gasteiger partial charge in [0.05, 0.1) is 30.8 Å². The van der Waals surface area contributed by atoms with Crippen molar-refractivity contribution in [1.82, 2.24) is 10.6 Å². The maximum atomic E-state index is 13.1. The van der Waals surface area contributed by atoms with Crippen LogP contribution in [-0.2, 0) is 9.53 Å². The number of hydrogen-bond acceptors (Lipinski definition) is 4. The molecule has 1 fully saturated rings. The van der Waals surface area contributed by atoms with E-state index >= 15 is 0 Å². The van der Waals surface area contributed by atoms with Crippen LogP contribution in [0.1, 0.15) is 69.5 Å². The normalized spacial score (nSPS) is 19.0. The summed E-state index contributed by atoms with van der Waals surface area (Å²) in [5, 5.41) is 6.66. The van der Waals surface area contributed by atoms with E-state index in [1.165, 1.54) is 12.8 Å². The number of amides is 1. The number of carbonyl (C=O) groups is 1. The first-order chi connectivity index (χ1) is 15.6. The Bertz CT molecular complexity index is 803. The van der Waals surface area contributed by atoms with Crippen molar-refractivity contribution in [2.24, 2.45) is 0 Å². The van der Waals surface area contributed by atoms with Gasteiger partial charge in [0.2, 0.25) is 5.91 Å². The number of rotatable bonds is 11. The summed E-state index contributed by atoms with van der Waals surface area (Å²) in [6.45, 7) is 8.64. The first kappa shape index (κ1) is 24.3. The lowest BCUT2D eigenvalue weighted by atomic mass is 9.96. The molecule has 3 rings (SSSR count). The zero-order valence-corrected chi connectivity index (χ0v) is 19.7. The second-order valence-electron chi connectivity index (χ2n) is 8.77. The highest BCUT2D eigenvalue weighted by Crippen LogP contribution is 2.26. The van der Waals surface area contributed by atoms with Gasteiger partial charge < -0.3 is 20.1 Å². The number of unbranched alkanes of at least 4 members (excludes halogenated alkanes) is 1. The molecule has 1 saturated heterocycles. The Morgan fingerprint density at radius 1 is 1.12 bits per heavy atom. The summed E-state index contributed by atoms with van der Waals surface area (Å²) in [7, 11) is 0. The van der Waals surface area contributed by atoms with E-state index in [0.29, 0.717) is 6.61 Å². The molecular weight excluding hydrogens is 400 g/mol. The molecule has 32 heavy (non-hydrogen) atoms. The molecule has 0 aromatic heterocycles. The molecule has 5 heteroatoms. The molecule has 0 radical (unpaired) electrons. The maximum absolute atomic E-state index is 13.1. The minimum atomic E-state index is -0.217. The van der Waals surface area contributed by atoms with Gasteiger partial charge in [-0.25, -0.2) is 0 Å². The van der Waals surface area contributed by atoms with E-state index in [4.69, 9.17) is 9.47 Å². The second kappa shape index (κ2) is 12.6. The third-order valence-corrected chi connectivity index (χ3v) is 6.10. The average molecular weight is 439 g/mol. The highest BCUT2D eigenvalue weighted by molar-refractivity contribution is 5.83. The van der Waals surface area contributed by atoms with E-state index in [2.05, 4.69) is 36.6 Å². The van der Waals surface area contributed by atoms with Crippen molar-refractivity contribution in [2.75, 3.05) is 19.7 Å². The van der Waals surface area contributed by atoms with Gasteiger partial charge in [0.25, 0.3) is 0 Å². The van der Waals surface area contributed by atoms with Gasteiger partial charge >= 0.3 is 0 Å². The first-order valence-electron chi connectivity index (χ1n) is 12.0. The summed E-state index contributed by atoms with van der Waals surface area (Å²) >= 11 is 0. The van der Waals surface area contributed by atoms with E-state index in [1.807, 2.05) is 49.4 Å². The van der Waals surface area contributed by atoms with Crippen molar-refractivity contribution in [3.63, 3.8) is 0 Å². The molecule has 4 atom stereocenters. The summed E-state index contributed by atoms with van der Waals surface area (Å²) < 4.78 is 12.0. The maximum Gasteiger partial charge on any atom is 0.227 e. The molecule has 2 aromatic carbocycles. The molecule has 0 aliphatic carbocycles. The van der Waals surface area contributed by atoms with Gasteiger partial charge in [-0.3, -0.25) is 4.79 Å². The Hall–Kier alpha value is -2.37. The Balaban J connectivity index is 1.69. The molecular formula is C27H38N2O3. The van der Waals surface area contributed by atoms with Crippen molar-refractivity contribution < 1.29 is 14.3 Å². The molecule has 1 amide bonds. The zero-order chi connectivity index (χ0) is 22.8. The van der Waals surface area contributed by atoms with Crippen molar-refractivity contribution in [3.05, 3.63) is 65.7 Å². The standard InChI is InChI=1S/C27H38N2O3/c1-4-5-9-20(2)32-24-14-12-23(13-15-24)26(18-25-19-28-16-17-31-25)29-27(30)21(3)22-10-7-6-8-11-22/h6-8,10-15,20-21,25-26,28H,4-5,9,16-19H2,1-3H3,(H,29,30). The third kappa shape index (κ3) is 7.35. The van der Waals surface area contributed by atoms with Gasteiger partial charge in [-0.15, -0.1) is 0 Å². The van der Waals surface area contributed by atoms with Crippen LogP contribution in [0.2, 0.25) is 0 Å². The fourth-order valence-corrected chi connectivity index (χ4v) is 4.06. The lowest BCUT2D eigenvalue weighted by Crippen LogP contribution is -2.42. The molecule has 1 aliphatic rings. The highest BCUT2D eigenvalue weighted by atomic mass is 16.5. The second-order valence-corrected chi connectivity index (χ2v) is 8.77. The number of hydrogen-bond donors (Lipinski definition) is 2. The average Bonchev–Trinajstić information content (AvgIpc) is 2.83. The lowest BCUT2D eigenvalue weighted by molar-refractivity contribution is -0.123.